The number of phenols is 1. The van der Waals surface area contributed by atoms with Crippen LogP contribution in [0.2, 0.25) is 0 Å². The van der Waals surface area contributed by atoms with Crippen LogP contribution in [-0.4, -0.2) is 5.11 Å². The number of benzene rings is 2. The molecule has 1 nitrogen and oxygen atoms in total. The summed E-state index contributed by atoms with van der Waals surface area (Å²) in [4.78, 5) is 0. The minimum Gasteiger partial charge on any atom is -0.507 e. The van der Waals surface area contributed by atoms with E-state index >= 15 is 0 Å². The molecule has 0 heterocycles. The monoisotopic (exact) mass is 197 g/mol. The summed E-state index contributed by atoms with van der Waals surface area (Å²) in [6, 6.07) is 15.4. The first kappa shape index (κ1) is 9.78. The Hall–Kier alpha value is -1.76. The van der Waals surface area contributed by atoms with Gasteiger partial charge in [0.1, 0.15) is 5.75 Å². The van der Waals surface area contributed by atoms with E-state index in [1.54, 1.807) is 6.07 Å². The summed E-state index contributed by atoms with van der Waals surface area (Å²) in [5, 5.41) is 9.76. The molecule has 2 rings (SSSR count). The van der Waals surface area contributed by atoms with Gasteiger partial charge in [0.25, 0.3) is 0 Å². The van der Waals surface area contributed by atoms with Crippen LogP contribution in [0.4, 0.5) is 0 Å². The summed E-state index contributed by atoms with van der Waals surface area (Å²) in [6.45, 7) is 3.89. The van der Waals surface area contributed by atoms with Crippen molar-refractivity contribution < 1.29 is 5.11 Å². The molecule has 1 radical (unpaired) electrons. The lowest BCUT2D eigenvalue weighted by Gasteiger charge is -2.08. The Morgan fingerprint density at radius 3 is 2.13 bits per heavy atom. The Kier molecular flexibility index (Phi) is 2.72. The van der Waals surface area contributed by atoms with E-state index in [-0.39, 0.29) is 0 Å². The number of para-hydroxylation sites is 1. The van der Waals surface area contributed by atoms with E-state index in [4.69, 9.17) is 0 Å². The number of rotatable bonds is 2. The fraction of sp³-hybridized carbons (Fsp3) is 0.0714. The second-order valence-electron chi connectivity index (χ2n) is 3.42. The van der Waals surface area contributed by atoms with Crippen molar-refractivity contribution in [3.8, 4) is 16.9 Å². The predicted molar refractivity (Wildman–Crippen MR) is 62.6 cm³/mol. The van der Waals surface area contributed by atoms with Gasteiger partial charge in [-0.1, -0.05) is 42.5 Å². The Morgan fingerprint density at radius 2 is 1.47 bits per heavy atom. The van der Waals surface area contributed by atoms with Gasteiger partial charge >= 0.3 is 0 Å². The minimum absolute atomic E-state index is 0.318. The smallest absolute Gasteiger partial charge is 0.123 e. The van der Waals surface area contributed by atoms with E-state index in [1.807, 2.05) is 42.5 Å². The summed E-state index contributed by atoms with van der Waals surface area (Å²) in [6.07, 6.45) is 0.727. The van der Waals surface area contributed by atoms with Gasteiger partial charge in [-0.3, -0.25) is 0 Å². The standard InChI is InChI=1S/C14H13O/c1-2-11-7-3-4-8-12(11)13-9-5-6-10-14(13)15/h3-10,15H,1-2H2. The highest BCUT2D eigenvalue weighted by Gasteiger charge is 2.06. The molecule has 0 saturated carbocycles. The maximum Gasteiger partial charge on any atom is 0.123 e. The first-order chi connectivity index (χ1) is 7.33. The van der Waals surface area contributed by atoms with E-state index in [9.17, 15) is 5.11 Å². The lowest BCUT2D eigenvalue weighted by Crippen LogP contribution is -1.87. The van der Waals surface area contributed by atoms with E-state index in [1.165, 1.54) is 0 Å². The van der Waals surface area contributed by atoms with E-state index in [2.05, 4.69) is 6.92 Å². The van der Waals surface area contributed by atoms with Gasteiger partial charge < -0.3 is 5.11 Å². The first-order valence-corrected chi connectivity index (χ1v) is 4.98. The van der Waals surface area contributed by atoms with Crippen LogP contribution >= 0.6 is 0 Å². The summed E-state index contributed by atoms with van der Waals surface area (Å²) < 4.78 is 0. The van der Waals surface area contributed by atoms with Crippen molar-refractivity contribution in [2.45, 2.75) is 6.42 Å². The molecule has 0 atom stereocenters. The molecule has 75 valence electrons. The minimum atomic E-state index is 0.318. The van der Waals surface area contributed by atoms with Crippen LogP contribution in [0.5, 0.6) is 5.75 Å². The summed E-state index contributed by atoms with van der Waals surface area (Å²) in [5.74, 6) is 0.318. The second kappa shape index (κ2) is 4.18. The lowest BCUT2D eigenvalue weighted by molar-refractivity contribution is 0.477. The van der Waals surface area contributed by atoms with Crippen LogP contribution in [0, 0.1) is 6.92 Å². The van der Waals surface area contributed by atoms with Crippen LogP contribution in [0.1, 0.15) is 5.56 Å². The largest absolute Gasteiger partial charge is 0.507 e. The highest BCUT2D eigenvalue weighted by molar-refractivity contribution is 5.72. The first-order valence-electron chi connectivity index (χ1n) is 4.98. The molecule has 0 amide bonds. The van der Waals surface area contributed by atoms with E-state index in [0.717, 1.165) is 23.1 Å². The maximum absolute atomic E-state index is 9.76. The van der Waals surface area contributed by atoms with Crippen LogP contribution in [0.15, 0.2) is 48.5 Å². The third kappa shape index (κ3) is 1.86. The molecule has 0 bridgehead atoms. The molecular formula is C14H13O. The predicted octanol–water partition coefficient (Wildman–Crippen LogP) is 3.44. The summed E-state index contributed by atoms with van der Waals surface area (Å²) in [7, 11) is 0. The van der Waals surface area contributed by atoms with Gasteiger partial charge in [-0.2, -0.15) is 0 Å². The highest BCUT2D eigenvalue weighted by atomic mass is 16.3. The Morgan fingerprint density at radius 1 is 0.867 bits per heavy atom. The van der Waals surface area contributed by atoms with Crippen molar-refractivity contribution >= 4 is 0 Å². The average Bonchev–Trinajstić information content (AvgIpc) is 2.30. The molecule has 2 aromatic carbocycles. The molecule has 0 aromatic heterocycles. The Balaban J connectivity index is 2.59. The van der Waals surface area contributed by atoms with Crippen LogP contribution in [0.3, 0.4) is 0 Å². The fourth-order valence-corrected chi connectivity index (χ4v) is 1.70. The van der Waals surface area contributed by atoms with Crippen molar-refractivity contribution in [3.05, 3.63) is 61.0 Å². The van der Waals surface area contributed by atoms with Crippen molar-refractivity contribution in [1.82, 2.24) is 0 Å². The van der Waals surface area contributed by atoms with Gasteiger partial charge in [0.15, 0.2) is 0 Å². The molecule has 0 fully saturated rings. The molecule has 0 aliphatic carbocycles. The Labute approximate surface area is 90.0 Å². The number of hydrogen-bond donors (Lipinski definition) is 1. The van der Waals surface area contributed by atoms with Crippen molar-refractivity contribution in [2.24, 2.45) is 0 Å². The molecule has 1 heteroatoms. The molecule has 2 aromatic rings. The van der Waals surface area contributed by atoms with Gasteiger partial charge in [-0.15, -0.1) is 0 Å². The van der Waals surface area contributed by atoms with Gasteiger partial charge in [-0.25, -0.2) is 0 Å². The third-order valence-electron chi connectivity index (χ3n) is 2.48. The molecule has 0 aliphatic rings. The van der Waals surface area contributed by atoms with Crippen LogP contribution in [0.25, 0.3) is 11.1 Å². The van der Waals surface area contributed by atoms with Crippen LogP contribution < -0.4 is 0 Å². The average molecular weight is 197 g/mol. The fourth-order valence-electron chi connectivity index (χ4n) is 1.70. The van der Waals surface area contributed by atoms with Crippen molar-refractivity contribution in [2.75, 3.05) is 0 Å². The molecule has 0 saturated heterocycles. The van der Waals surface area contributed by atoms with E-state index in [0.29, 0.717) is 5.75 Å². The van der Waals surface area contributed by atoms with Gasteiger partial charge in [0, 0.05) is 5.56 Å². The van der Waals surface area contributed by atoms with E-state index < -0.39 is 0 Å². The zero-order valence-electron chi connectivity index (χ0n) is 8.48. The number of phenolic OH excluding ortho intramolecular Hbond substituents is 1. The Bertz CT molecular complexity index is 460. The SMILES string of the molecule is [CH2]Cc1ccccc1-c1ccccc1O. The third-order valence-corrected chi connectivity index (χ3v) is 2.48. The highest BCUT2D eigenvalue weighted by Crippen LogP contribution is 2.31. The molecule has 0 aliphatic heterocycles. The molecule has 0 unspecified atom stereocenters. The van der Waals surface area contributed by atoms with Crippen LogP contribution in [-0.2, 0) is 6.42 Å². The van der Waals surface area contributed by atoms with Gasteiger partial charge in [0.2, 0.25) is 0 Å². The summed E-state index contributed by atoms with van der Waals surface area (Å²) in [5.41, 5.74) is 3.08. The number of hydrogen-bond acceptors (Lipinski definition) is 1. The normalized spacial score (nSPS) is 10.2. The molecule has 1 N–H and O–H groups in total. The zero-order chi connectivity index (χ0) is 10.7. The molecule has 15 heavy (non-hydrogen) atoms. The zero-order valence-corrected chi connectivity index (χ0v) is 8.48. The number of aromatic hydroxyl groups is 1. The lowest BCUT2D eigenvalue weighted by atomic mass is 9.97. The quantitative estimate of drug-likeness (QED) is 0.782. The molecular weight excluding hydrogens is 184 g/mol. The maximum atomic E-state index is 9.76. The van der Waals surface area contributed by atoms with Crippen molar-refractivity contribution in [3.63, 3.8) is 0 Å². The molecule has 0 spiro atoms. The summed E-state index contributed by atoms with van der Waals surface area (Å²) >= 11 is 0. The second-order valence-corrected chi connectivity index (χ2v) is 3.42. The van der Waals surface area contributed by atoms with Crippen molar-refractivity contribution in [1.29, 1.82) is 0 Å². The van der Waals surface area contributed by atoms with Gasteiger partial charge in [-0.05, 0) is 30.5 Å². The topological polar surface area (TPSA) is 20.2 Å². The van der Waals surface area contributed by atoms with Gasteiger partial charge in [0.05, 0.1) is 0 Å².